The lowest BCUT2D eigenvalue weighted by Crippen LogP contribution is -2.35. The van der Waals surface area contributed by atoms with Gasteiger partial charge in [-0.3, -0.25) is 14.8 Å². The summed E-state index contributed by atoms with van der Waals surface area (Å²) >= 11 is 0. The molecule has 1 aromatic carbocycles. The lowest BCUT2D eigenvalue weighted by Gasteiger charge is -2.23. The Morgan fingerprint density at radius 1 is 1.55 bits per heavy atom. The molecule has 0 fully saturated rings. The van der Waals surface area contributed by atoms with Crippen molar-refractivity contribution >= 4 is 24.1 Å². The highest BCUT2D eigenvalue weighted by atomic mass is 16.5. The Bertz CT molecular complexity index is 555. The largest absolute Gasteiger partial charge is 0.497 e. The minimum atomic E-state index is -1.07. The van der Waals surface area contributed by atoms with Crippen LogP contribution in [0.15, 0.2) is 28.9 Å². The molecule has 0 saturated heterocycles. The molecule has 5 N–H and O–H groups in total. The maximum absolute atomic E-state index is 10.8. The number of hydrogen-bond donors (Lipinski definition) is 3. The first-order chi connectivity index (χ1) is 9.40. The molecular weight excluding hydrogens is 260 g/mol. The molecule has 7 heteroatoms. The van der Waals surface area contributed by atoms with Gasteiger partial charge in [0.15, 0.2) is 0 Å². The number of hydrogen-bond acceptors (Lipinski definition) is 6. The summed E-state index contributed by atoms with van der Waals surface area (Å²) in [6.45, 7) is 4.71. The molecular formula is C13H18N4O3. The highest BCUT2D eigenvalue weighted by Crippen LogP contribution is 2.29. The molecule has 0 spiro atoms. The second-order valence-electron chi connectivity index (χ2n) is 4.07. The van der Waals surface area contributed by atoms with Crippen LogP contribution in [0.25, 0.3) is 5.70 Å². The number of carboxylic acids is 1. The summed E-state index contributed by atoms with van der Waals surface area (Å²) in [6, 6.07) is 5.02. The topological polar surface area (TPSA) is 114 Å². The second kappa shape index (κ2) is 6.58. The number of methoxy groups -OCH3 is 1. The summed E-state index contributed by atoms with van der Waals surface area (Å²) < 4.78 is 5.13. The summed E-state index contributed by atoms with van der Waals surface area (Å²) in [6.07, 6.45) is 0. The number of allylic oxidation sites excluding steroid dienone is 1. The summed E-state index contributed by atoms with van der Waals surface area (Å²) in [5, 5.41) is 9.92. The van der Waals surface area contributed by atoms with E-state index in [9.17, 15) is 4.79 Å². The Kier molecular flexibility index (Phi) is 5.10. The zero-order valence-corrected chi connectivity index (χ0v) is 11.5. The number of rotatable bonds is 6. The van der Waals surface area contributed by atoms with Crippen LogP contribution < -0.4 is 16.3 Å². The SMILES string of the molecule is C=N/C(C)=C(/c1cc(OC)ccc1N)N(N)CC(=O)O. The third-order valence-electron chi connectivity index (χ3n) is 2.69. The predicted molar refractivity (Wildman–Crippen MR) is 78.1 cm³/mol. The Morgan fingerprint density at radius 3 is 2.70 bits per heavy atom. The van der Waals surface area contributed by atoms with Gasteiger partial charge in [-0.2, -0.15) is 0 Å². The van der Waals surface area contributed by atoms with Crippen LogP contribution in [0.5, 0.6) is 5.75 Å². The van der Waals surface area contributed by atoms with Crippen LogP contribution in [0, 0.1) is 0 Å². The van der Waals surface area contributed by atoms with E-state index in [4.69, 9.17) is 21.4 Å². The lowest BCUT2D eigenvalue weighted by atomic mass is 10.1. The van der Waals surface area contributed by atoms with Gasteiger partial charge in [0.2, 0.25) is 0 Å². The molecule has 108 valence electrons. The van der Waals surface area contributed by atoms with Crippen LogP contribution in [0.1, 0.15) is 12.5 Å². The van der Waals surface area contributed by atoms with Gasteiger partial charge in [-0.05, 0) is 31.8 Å². The average molecular weight is 278 g/mol. The summed E-state index contributed by atoms with van der Waals surface area (Å²) in [7, 11) is 1.52. The van der Waals surface area contributed by atoms with Crippen molar-refractivity contribution in [3.05, 3.63) is 29.5 Å². The number of anilines is 1. The van der Waals surface area contributed by atoms with Gasteiger partial charge in [-0.25, -0.2) is 5.84 Å². The van der Waals surface area contributed by atoms with Crippen LogP contribution in [0.3, 0.4) is 0 Å². The van der Waals surface area contributed by atoms with E-state index < -0.39 is 12.5 Å². The standard InChI is InChI=1S/C13H18N4O3/c1-8(16-2)13(17(15)7-12(18)19)10-6-9(20-3)4-5-11(10)14/h4-6H,2,7,14-15H2,1,3H3,(H,18,19)/b13-8-. The number of carboxylic acid groups (broad SMARTS) is 1. The van der Waals surface area contributed by atoms with Crippen molar-refractivity contribution in [2.24, 2.45) is 10.8 Å². The smallest absolute Gasteiger partial charge is 0.324 e. The molecule has 0 amide bonds. The third kappa shape index (κ3) is 3.48. The van der Waals surface area contributed by atoms with Gasteiger partial charge in [0.1, 0.15) is 12.3 Å². The number of nitrogens with two attached hydrogens (primary N) is 2. The number of nitrogens with zero attached hydrogens (tertiary/aromatic N) is 2. The normalized spacial score (nSPS) is 11.6. The monoisotopic (exact) mass is 278 g/mol. The molecule has 0 aliphatic carbocycles. The molecule has 0 aliphatic rings. The van der Waals surface area contributed by atoms with Crippen LogP contribution in [-0.2, 0) is 4.79 Å². The zero-order chi connectivity index (χ0) is 15.3. The van der Waals surface area contributed by atoms with Crippen molar-refractivity contribution in [3.63, 3.8) is 0 Å². The molecule has 0 aromatic heterocycles. The highest BCUT2D eigenvalue weighted by molar-refractivity contribution is 5.79. The Morgan fingerprint density at radius 2 is 2.20 bits per heavy atom. The number of carbonyl (C=O) groups is 1. The van der Waals surface area contributed by atoms with Gasteiger partial charge in [-0.15, -0.1) is 0 Å². The van der Waals surface area contributed by atoms with E-state index >= 15 is 0 Å². The van der Waals surface area contributed by atoms with E-state index in [-0.39, 0.29) is 0 Å². The van der Waals surface area contributed by atoms with Gasteiger partial charge in [0, 0.05) is 11.3 Å². The minimum Gasteiger partial charge on any atom is -0.497 e. The number of benzene rings is 1. The third-order valence-corrected chi connectivity index (χ3v) is 2.69. The number of nitrogen functional groups attached to an aromatic ring is 1. The number of ether oxygens (including phenoxy) is 1. The maximum Gasteiger partial charge on any atom is 0.324 e. The number of aliphatic carboxylic acids is 1. The molecule has 0 radical (unpaired) electrons. The van der Waals surface area contributed by atoms with Gasteiger partial charge in [0.25, 0.3) is 0 Å². The summed E-state index contributed by atoms with van der Waals surface area (Å²) in [5.41, 5.74) is 7.75. The van der Waals surface area contributed by atoms with Crippen LogP contribution in [0.2, 0.25) is 0 Å². The first-order valence-electron chi connectivity index (χ1n) is 5.76. The van der Waals surface area contributed by atoms with Crippen LogP contribution in [0.4, 0.5) is 5.69 Å². The fourth-order valence-electron chi connectivity index (χ4n) is 1.72. The van der Waals surface area contributed by atoms with Gasteiger partial charge >= 0.3 is 5.97 Å². The molecule has 1 rings (SSSR count). The Balaban J connectivity index is 3.39. The van der Waals surface area contributed by atoms with Gasteiger partial charge in [-0.1, -0.05) is 0 Å². The van der Waals surface area contributed by atoms with E-state index in [1.165, 1.54) is 7.11 Å². The summed E-state index contributed by atoms with van der Waals surface area (Å²) in [4.78, 5) is 14.6. The number of hydrazine groups is 1. The van der Waals surface area contributed by atoms with Crippen LogP contribution >= 0.6 is 0 Å². The molecule has 0 heterocycles. The molecule has 0 aliphatic heterocycles. The van der Waals surface area contributed by atoms with E-state index in [1.54, 1.807) is 25.1 Å². The maximum atomic E-state index is 10.8. The molecule has 0 unspecified atom stereocenters. The van der Waals surface area contributed by atoms with Crippen molar-refractivity contribution in [2.75, 3.05) is 19.4 Å². The van der Waals surface area contributed by atoms with Crippen LogP contribution in [-0.4, -0.2) is 36.5 Å². The fraction of sp³-hybridized carbons (Fsp3) is 0.231. The van der Waals surface area contributed by atoms with Gasteiger partial charge in [0.05, 0.1) is 18.5 Å². The molecule has 1 aromatic rings. The molecule has 0 saturated carbocycles. The lowest BCUT2D eigenvalue weighted by molar-refractivity contribution is -0.137. The molecule has 0 atom stereocenters. The Labute approximate surface area is 117 Å². The Hall–Kier alpha value is -2.54. The fourth-order valence-corrected chi connectivity index (χ4v) is 1.72. The number of aliphatic imine (C=N–C) groups is 1. The minimum absolute atomic E-state index is 0.388. The second-order valence-corrected chi connectivity index (χ2v) is 4.07. The van der Waals surface area contributed by atoms with Crippen molar-refractivity contribution in [3.8, 4) is 5.75 Å². The van der Waals surface area contributed by atoms with E-state index in [0.717, 1.165) is 5.01 Å². The van der Waals surface area contributed by atoms with E-state index in [1.807, 2.05) is 0 Å². The van der Waals surface area contributed by atoms with Crippen molar-refractivity contribution in [2.45, 2.75) is 6.92 Å². The van der Waals surface area contributed by atoms with Gasteiger partial charge < -0.3 is 15.6 Å². The molecule has 20 heavy (non-hydrogen) atoms. The van der Waals surface area contributed by atoms with Crippen molar-refractivity contribution in [1.82, 2.24) is 5.01 Å². The quantitative estimate of drug-likeness (QED) is 0.308. The first kappa shape index (κ1) is 15.5. The molecule has 0 bridgehead atoms. The van der Waals surface area contributed by atoms with E-state index in [2.05, 4.69) is 11.7 Å². The zero-order valence-electron chi connectivity index (χ0n) is 11.5. The average Bonchev–Trinajstić information content (AvgIpc) is 2.40. The predicted octanol–water partition coefficient (Wildman–Crippen LogP) is 0.927. The van der Waals surface area contributed by atoms with Crippen molar-refractivity contribution in [1.29, 1.82) is 0 Å². The molecule has 7 nitrogen and oxygen atoms in total. The van der Waals surface area contributed by atoms with E-state index in [0.29, 0.717) is 28.4 Å². The summed E-state index contributed by atoms with van der Waals surface area (Å²) in [5.74, 6) is 5.31. The van der Waals surface area contributed by atoms with Crippen molar-refractivity contribution < 1.29 is 14.6 Å². The first-order valence-corrected chi connectivity index (χ1v) is 5.76. The highest BCUT2D eigenvalue weighted by Gasteiger charge is 2.17.